The van der Waals surface area contributed by atoms with Crippen LogP contribution in [0.3, 0.4) is 0 Å². The first kappa shape index (κ1) is 14.0. The number of carboxylic acids is 1. The van der Waals surface area contributed by atoms with Gasteiger partial charge in [0.25, 0.3) is 0 Å². The van der Waals surface area contributed by atoms with Gasteiger partial charge in [0.2, 0.25) is 0 Å². The Hall–Kier alpha value is -1.06. The highest BCUT2D eigenvalue weighted by Crippen LogP contribution is 2.20. The van der Waals surface area contributed by atoms with Crippen molar-refractivity contribution in [3.05, 3.63) is 34.9 Å². The molecule has 0 fully saturated rings. The molecule has 2 unspecified atom stereocenters. The van der Waals surface area contributed by atoms with E-state index in [9.17, 15) is 9.90 Å². The second kappa shape index (κ2) is 6.62. The zero-order valence-corrected chi connectivity index (χ0v) is 10.8. The summed E-state index contributed by atoms with van der Waals surface area (Å²) in [5.41, 5.74) is 0.938. The van der Waals surface area contributed by atoms with Crippen LogP contribution in [0.2, 0.25) is 5.02 Å². The van der Waals surface area contributed by atoms with Crippen LogP contribution < -0.4 is 0 Å². The molecule has 1 aromatic carbocycles. The summed E-state index contributed by atoms with van der Waals surface area (Å²) in [4.78, 5) is 11.2. The average molecular weight is 257 g/mol. The van der Waals surface area contributed by atoms with Crippen molar-refractivity contribution in [2.45, 2.75) is 13.3 Å². The summed E-state index contributed by atoms with van der Waals surface area (Å²) < 4.78 is 5.01. The molecule has 0 bridgehead atoms. The number of aliphatic carboxylic acids is 1. The average Bonchev–Trinajstić information content (AvgIpc) is 2.26. The number of ether oxygens (including phenoxy) is 1. The molecule has 3 nitrogen and oxygen atoms in total. The van der Waals surface area contributed by atoms with E-state index in [0.29, 0.717) is 18.1 Å². The number of hydrogen-bond acceptors (Lipinski definition) is 2. The van der Waals surface area contributed by atoms with E-state index in [0.717, 1.165) is 5.56 Å². The molecule has 0 spiro atoms. The van der Waals surface area contributed by atoms with Gasteiger partial charge in [-0.15, -0.1) is 0 Å². The molecular formula is C13H17ClO3. The van der Waals surface area contributed by atoms with Gasteiger partial charge >= 0.3 is 5.97 Å². The number of rotatable bonds is 6. The molecule has 0 aromatic heterocycles. The Morgan fingerprint density at radius 2 is 2.24 bits per heavy atom. The van der Waals surface area contributed by atoms with Gasteiger partial charge in [0.1, 0.15) is 0 Å². The van der Waals surface area contributed by atoms with Crippen molar-refractivity contribution >= 4 is 17.6 Å². The van der Waals surface area contributed by atoms with Gasteiger partial charge < -0.3 is 9.84 Å². The summed E-state index contributed by atoms with van der Waals surface area (Å²) in [6, 6.07) is 7.30. The number of halogens is 1. The van der Waals surface area contributed by atoms with E-state index in [1.807, 2.05) is 19.1 Å². The lowest BCUT2D eigenvalue weighted by Crippen LogP contribution is -2.26. The summed E-state index contributed by atoms with van der Waals surface area (Å²) in [5.74, 6) is -1.28. The van der Waals surface area contributed by atoms with E-state index in [1.165, 1.54) is 0 Å². The highest BCUT2D eigenvalue weighted by Gasteiger charge is 2.24. The minimum absolute atomic E-state index is 0.0310. The van der Waals surface area contributed by atoms with E-state index in [-0.39, 0.29) is 5.92 Å². The van der Waals surface area contributed by atoms with Crippen LogP contribution in [0.15, 0.2) is 24.3 Å². The smallest absolute Gasteiger partial charge is 0.307 e. The van der Waals surface area contributed by atoms with Gasteiger partial charge in [-0.25, -0.2) is 0 Å². The normalized spacial score (nSPS) is 14.3. The van der Waals surface area contributed by atoms with E-state index in [1.54, 1.807) is 19.2 Å². The first-order valence-electron chi connectivity index (χ1n) is 5.50. The highest BCUT2D eigenvalue weighted by molar-refractivity contribution is 6.30. The Labute approximate surface area is 106 Å². The van der Waals surface area contributed by atoms with Gasteiger partial charge in [-0.1, -0.05) is 30.7 Å². The molecular weight excluding hydrogens is 240 g/mol. The molecule has 4 heteroatoms. The van der Waals surface area contributed by atoms with Crippen LogP contribution in [0.1, 0.15) is 12.5 Å². The van der Waals surface area contributed by atoms with Gasteiger partial charge in [0.05, 0.1) is 5.92 Å². The van der Waals surface area contributed by atoms with E-state index >= 15 is 0 Å². The van der Waals surface area contributed by atoms with Gasteiger partial charge in [0.15, 0.2) is 0 Å². The first-order chi connectivity index (χ1) is 8.04. The number of benzene rings is 1. The molecule has 0 heterocycles. The molecule has 17 heavy (non-hydrogen) atoms. The Kier molecular flexibility index (Phi) is 5.45. The van der Waals surface area contributed by atoms with Crippen LogP contribution in [0.4, 0.5) is 0 Å². The van der Waals surface area contributed by atoms with Crippen LogP contribution in [-0.2, 0) is 16.0 Å². The lowest BCUT2D eigenvalue weighted by atomic mass is 9.88. The summed E-state index contributed by atoms with van der Waals surface area (Å²) in [6.45, 7) is 2.32. The van der Waals surface area contributed by atoms with Crippen LogP contribution in [0, 0.1) is 11.8 Å². The maximum absolute atomic E-state index is 11.2. The second-order valence-electron chi connectivity index (χ2n) is 4.21. The Morgan fingerprint density at radius 1 is 1.53 bits per heavy atom. The fourth-order valence-corrected chi connectivity index (χ4v) is 2.04. The van der Waals surface area contributed by atoms with Crippen molar-refractivity contribution in [1.29, 1.82) is 0 Å². The number of methoxy groups -OCH3 is 1. The van der Waals surface area contributed by atoms with Crippen molar-refractivity contribution in [2.24, 2.45) is 11.8 Å². The van der Waals surface area contributed by atoms with Crippen molar-refractivity contribution in [3.63, 3.8) is 0 Å². The monoisotopic (exact) mass is 256 g/mol. The molecule has 0 amide bonds. The topological polar surface area (TPSA) is 46.5 Å². The highest BCUT2D eigenvalue weighted by atomic mass is 35.5. The van der Waals surface area contributed by atoms with Gasteiger partial charge in [-0.3, -0.25) is 4.79 Å². The zero-order chi connectivity index (χ0) is 12.8. The largest absolute Gasteiger partial charge is 0.481 e. The predicted octanol–water partition coefficient (Wildman–Crippen LogP) is 2.87. The molecule has 0 aliphatic heterocycles. The Bertz CT molecular complexity index is 379. The van der Waals surface area contributed by atoms with Crippen LogP contribution >= 0.6 is 11.6 Å². The lowest BCUT2D eigenvalue weighted by Gasteiger charge is -2.19. The number of carbonyl (C=O) groups is 1. The molecule has 2 atom stereocenters. The lowest BCUT2D eigenvalue weighted by molar-refractivity contribution is -0.144. The summed E-state index contributed by atoms with van der Waals surface area (Å²) in [5, 5.41) is 9.84. The van der Waals surface area contributed by atoms with Crippen LogP contribution in [-0.4, -0.2) is 24.8 Å². The molecule has 94 valence electrons. The van der Waals surface area contributed by atoms with Gasteiger partial charge in [-0.2, -0.15) is 0 Å². The van der Waals surface area contributed by atoms with Crippen molar-refractivity contribution < 1.29 is 14.6 Å². The fraction of sp³-hybridized carbons (Fsp3) is 0.462. The first-order valence-corrected chi connectivity index (χ1v) is 5.88. The quantitative estimate of drug-likeness (QED) is 0.851. The van der Waals surface area contributed by atoms with E-state index in [2.05, 4.69) is 0 Å². The number of carboxylic acid groups (broad SMARTS) is 1. The molecule has 0 saturated carbocycles. The molecule has 0 saturated heterocycles. The molecule has 1 aromatic rings. The minimum atomic E-state index is -0.797. The SMILES string of the molecule is COCC(C)C(Cc1cccc(Cl)c1)C(=O)O. The van der Waals surface area contributed by atoms with Crippen molar-refractivity contribution in [3.8, 4) is 0 Å². The van der Waals surface area contributed by atoms with Gasteiger partial charge in [0, 0.05) is 18.7 Å². The number of hydrogen-bond donors (Lipinski definition) is 1. The van der Waals surface area contributed by atoms with Crippen molar-refractivity contribution in [1.82, 2.24) is 0 Å². The maximum atomic E-state index is 11.2. The van der Waals surface area contributed by atoms with Crippen LogP contribution in [0.25, 0.3) is 0 Å². The maximum Gasteiger partial charge on any atom is 0.307 e. The Balaban J connectivity index is 2.76. The molecule has 1 N–H and O–H groups in total. The standard InChI is InChI=1S/C13H17ClO3/c1-9(8-17-2)12(13(15)16)7-10-4-3-5-11(14)6-10/h3-6,9,12H,7-8H2,1-2H3,(H,15,16). The summed E-state index contributed by atoms with van der Waals surface area (Å²) in [7, 11) is 1.58. The predicted molar refractivity (Wildman–Crippen MR) is 67.3 cm³/mol. The third kappa shape index (κ3) is 4.36. The summed E-state index contributed by atoms with van der Waals surface area (Å²) in [6.07, 6.45) is 0.473. The Morgan fingerprint density at radius 3 is 2.76 bits per heavy atom. The van der Waals surface area contributed by atoms with Gasteiger partial charge in [-0.05, 0) is 30.0 Å². The van der Waals surface area contributed by atoms with E-state index < -0.39 is 11.9 Å². The molecule has 1 rings (SSSR count). The van der Waals surface area contributed by atoms with Crippen LogP contribution in [0.5, 0.6) is 0 Å². The third-order valence-corrected chi connectivity index (χ3v) is 3.01. The van der Waals surface area contributed by atoms with E-state index in [4.69, 9.17) is 16.3 Å². The fourth-order valence-electron chi connectivity index (χ4n) is 1.83. The second-order valence-corrected chi connectivity index (χ2v) is 4.65. The zero-order valence-electron chi connectivity index (χ0n) is 10.0. The molecule has 0 aliphatic carbocycles. The minimum Gasteiger partial charge on any atom is -0.481 e. The van der Waals surface area contributed by atoms with Crippen molar-refractivity contribution in [2.75, 3.05) is 13.7 Å². The third-order valence-electron chi connectivity index (χ3n) is 2.78. The molecule has 0 aliphatic rings. The molecule has 0 radical (unpaired) electrons. The summed E-state index contributed by atoms with van der Waals surface area (Å²) >= 11 is 5.88.